The molecule has 0 aromatic heterocycles. The van der Waals surface area contributed by atoms with Crippen molar-refractivity contribution in [3.63, 3.8) is 0 Å². The quantitative estimate of drug-likeness (QED) is 0.0860. The molecule has 250 valence electrons. The van der Waals surface area contributed by atoms with Gasteiger partial charge in [0.05, 0.1) is 17.3 Å². The fourth-order valence-electron chi connectivity index (χ4n) is 4.06. The number of rotatable bonds is 12. The van der Waals surface area contributed by atoms with Crippen LogP contribution in [0.15, 0.2) is 102 Å². The normalized spacial score (nSPS) is 12.3. The molecule has 6 nitrogen and oxygen atoms in total. The van der Waals surface area contributed by atoms with Gasteiger partial charge in [0.15, 0.2) is 0 Å². The first kappa shape index (κ1) is 37.9. The van der Waals surface area contributed by atoms with Crippen molar-refractivity contribution in [3.8, 4) is 0 Å². The molecule has 0 N–H and O–H groups in total. The number of thioether (sulfide) groups is 3. The van der Waals surface area contributed by atoms with Gasteiger partial charge in [-0.15, -0.1) is 35.3 Å². The number of benzene rings is 3. The van der Waals surface area contributed by atoms with Crippen LogP contribution in [-0.2, 0) is 28.6 Å². The molecule has 3 rings (SSSR count). The molecule has 0 aliphatic carbocycles. The molecule has 3 aromatic carbocycles. The van der Waals surface area contributed by atoms with Gasteiger partial charge in [0.2, 0.25) is 0 Å². The van der Waals surface area contributed by atoms with Crippen LogP contribution in [-0.4, -0.2) is 52.0 Å². The van der Waals surface area contributed by atoms with Gasteiger partial charge in [-0.2, -0.15) is 10.9 Å². The Kier molecular flexibility index (Phi) is 13.6. The molecule has 0 saturated carbocycles. The first-order valence-electron chi connectivity index (χ1n) is 15.0. The van der Waals surface area contributed by atoms with Gasteiger partial charge in [-0.1, -0.05) is 0 Å². The molecular weight excluding hydrogens is 657 g/mol. The van der Waals surface area contributed by atoms with Gasteiger partial charge in [-0.05, 0) is 150 Å². The highest BCUT2D eigenvalue weighted by Gasteiger charge is 2.19. The maximum Gasteiger partial charge on any atom is 0.316 e. The Morgan fingerprint density at radius 1 is 0.457 bits per heavy atom. The highest BCUT2D eigenvalue weighted by Crippen LogP contribution is 2.52. The lowest BCUT2D eigenvalue weighted by atomic mass is 10.2. The third kappa shape index (κ3) is 14.1. The van der Waals surface area contributed by atoms with Gasteiger partial charge in [0, 0.05) is 14.7 Å². The van der Waals surface area contributed by atoms with Crippen LogP contribution >= 0.6 is 46.2 Å². The maximum absolute atomic E-state index is 12.2. The van der Waals surface area contributed by atoms with E-state index in [1.807, 2.05) is 62.3 Å². The summed E-state index contributed by atoms with van der Waals surface area (Å²) < 4.78 is 16.3. The van der Waals surface area contributed by atoms with Crippen LogP contribution in [0.1, 0.15) is 62.3 Å². The second kappa shape index (κ2) is 16.5. The van der Waals surface area contributed by atoms with Gasteiger partial charge in [0.25, 0.3) is 0 Å². The van der Waals surface area contributed by atoms with E-state index in [1.165, 1.54) is 50.0 Å². The molecule has 0 fully saturated rings. The number of hydrogen-bond donors (Lipinski definition) is 1. The van der Waals surface area contributed by atoms with Crippen LogP contribution in [0.3, 0.4) is 0 Å². The van der Waals surface area contributed by atoms with Crippen molar-refractivity contribution in [2.45, 2.75) is 108 Å². The van der Waals surface area contributed by atoms with E-state index in [9.17, 15) is 14.4 Å². The van der Waals surface area contributed by atoms with Crippen molar-refractivity contribution in [1.82, 2.24) is 0 Å². The summed E-state index contributed by atoms with van der Waals surface area (Å²) in [7, 11) is -0.907. The highest BCUT2D eigenvalue weighted by molar-refractivity contribution is 8.17. The van der Waals surface area contributed by atoms with Crippen LogP contribution < -0.4 is 0 Å². The molecule has 0 saturated heterocycles. The molecule has 0 spiro atoms. The molecule has 10 heteroatoms. The first-order chi connectivity index (χ1) is 21.4. The van der Waals surface area contributed by atoms with E-state index < -0.39 is 27.7 Å². The summed E-state index contributed by atoms with van der Waals surface area (Å²) in [5, 5.41) is 0. The van der Waals surface area contributed by atoms with Gasteiger partial charge >= 0.3 is 17.9 Å². The van der Waals surface area contributed by atoms with E-state index in [4.69, 9.17) is 14.2 Å². The van der Waals surface area contributed by atoms with Crippen molar-refractivity contribution in [1.29, 1.82) is 0 Å². The van der Waals surface area contributed by atoms with Crippen molar-refractivity contribution >= 4 is 64.1 Å². The van der Waals surface area contributed by atoms with Crippen molar-refractivity contribution in [2.75, 3.05) is 17.3 Å². The summed E-state index contributed by atoms with van der Waals surface area (Å²) in [6.07, 6.45) is 0. The van der Waals surface area contributed by atoms with Crippen LogP contribution in [0.25, 0.3) is 0 Å². The predicted octanol–water partition coefficient (Wildman–Crippen LogP) is 9.47. The highest BCUT2D eigenvalue weighted by atomic mass is 32.2. The van der Waals surface area contributed by atoms with Gasteiger partial charge in [-0.3, -0.25) is 14.4 Å². The van der Waals surface area contributed by atoms with E-state index in [1.54, 1.807) is 0 Å². The second-order valence-electron chi connectivity index (χ2n) is 13.4. The number of carbonyl (C=O) groups is 3. The van der Waals surface area contributed by atoms with Crippen LogP contribution in [0, 0.1) is 0 Å². The maximum atomic E-state index is 12.2. The largest absolute Gasteiger partial charge is 0.459 e. The van der Waals surface area contributed by atoms with E-state index in [0.717, 1.165) is 14.7 Å². The van der Waals surface area contributed by atoms with Crippen molar-refractivity contribution in [2.24, 2.45) is 0 Å². The molecule has 0 aliphatic rings. The lowest BCUT2D eigenvalue weighted by Crippen LogP contribution is -2.24. The van der Waals surface area contributed by atoms with Gasteiger partial charge in [-0.25, -0.2) is 0 Å². The van der Waals surface area contributed by atoms with Gasteiger partial charge in [0.1, 0.15) is 16.8 Å². The van der Waals surface area contributed by atoms with E-state index in [0.29, 0.717) is 0 Å². The molecule has 3 aromatic rings. The Hall–Kier alpha value is -2.53. The third-order valence-corrected chi connectivity index (χ3v) is 11.0. The summed E-state index contributed by atoms with van der Waals surface area (Å²) in [5.41, 5.74) is -1.53. The Bertz CT molecular complexity index is 1270. The van der Waals surface area contributed by atoms with Crippen molar-refractivity contribution in [3.05, 3.63) is 72.8 Å². The Labute approximate surface area is 289 Å². The summed E-state index contributed by atoms with van der Waals surface area (Å²) in [4.78, 5) is 43.2. The molecule has 0 heterocycles. The molecule has 0 radical (unpaired) electrons. The number of esters is 3. The zero-order valence-electron chi connectivity index (χ0n) is 28.2. The minimum atomic E-state index is -0.907. The summed E-state index contributed by atoms with van der Waals surface area (Å²) in [5.74, 6) is 0.0251. The van der Waals surface area contributed by atoms with Gasteiger partial charge < -0.3 is 14.2 Å². The topological polar surface area (TPSA) is 78.9 Å². The number of hydrogen-bond acceptors (Lipinski definition) is 9. The number of thiol groups is 1. The smallest absolute Gasteiger partial charge is 0.316 e. The fraction of sp³-hybridized carbons (Fsp3) is 0.417. The van der Waals surface area contributed by atoms with E-state index in [2.05, 4.69) is 72.8 Å². The number of carbonyl (C=O) groups excluding carboxylic acids is 3. The lowest BCUT2D eigenvalue weighted by Gasteiger charge is -2.24. The predicted molar refractivity (Wildman–Crippen MR) is 193 cm³/mol. The lowest BCUT2D eigenvalue weighted by molar-refractivity contribution is -0.152. The zero-order chi connectivity index (χ0) is 34.1. The van der Waals surface area contributed by atoms with Crippen molar-refractivity contribution < 1.29 is 28.6 Å². The molecule has 0 aliphatic heterocycles. The zero-order valence-corrected chi connectivity index (χ0v) is 31.5. The standard InChI is InChI=1S/C36H46O6S4/c1-34(2,3)40-31(37)22-43-25-10-16-28(17-11-25)46(29-18-12-26(13-19-29)44-23-32(38)41-35(4,5)6)30-20-14-27(15-21-30)45-24-33(39)42-36(7,8)9/h10-21,46H,22-24H2,1-9H3. The first-order valence-corrected chi connectivity index (χ1v) is 19.3. The molecule has 46 heavy (non-hydrogen) atoms. The average molecular weight is 703 g/mol. The molecule has 0 atom stereocenters. The molecule has 0 unspecified atom stereocenters. The monoisotopic (exact) mass is 702 g/mol. The van der Waals surface area contributed by atoms with Crippen LogP contribution in [0.2, 0.25) is 0 Å². The van der Waals surface area contributed by atoms with Crippen LogP contribution in [0.5, 0.6) is 0 Å². The third-order valence-electron chi connectivity index (χ3n) is 5.61. The summed E-state index contributed by atoms with van der Waals surface area (Å²) in [6, 6.07) is 25.1. The average Bonchev–Trinajstić information content (AvgIpc) is 2.93. The molecular formula is C36H46O6S4. The minimum Gasteiger partial charge on any atom is -0.459 e. The van der Waals surface area contributed by atoms with E-state index in [-0.39, 0.29) is 35.2 Å². The Morgan fingerprint density at radius 2 is 0.674 bits per heavy atom. The molecule has 0 amide bonds. The van der Waals surface area contributed by atoms with E-state index >= 15 is 0 Å². The number of ether oxygens (including phenoxy) is 3. The fourth-order valence-corrected chi connectivity index (χ4v) is 8.31. The molecule has 0 bridgehead atoms. The van der Waals surface area contributed by atoms with Crippen LogP contribution in [0.4, 0.5) is 0 Å². The summed E-state index contributed by atoms with van der Waals surface area (Å²) >= 11 is 4.38. The second-order valence-corrected chi connectivity index (χ2v) is 18.8. The Morgan fingerprint density at radius 3 is 0.870 bits per heavy atom. The summed E-state index contributed by atoms with van der Waals surface area (Å²) in [6.45, 7) is 16.8. The Balaban J connectivity index is 1.80. The minimum absolute atomic E-state index is 0.238. The SMILES string of the molecule is CC(C)(C)OC(=O)CSc1ccc([SH](c2ccc(SCC(=O)OC(C)(C)C)cc2)c2ccc(SCC(=O)OC(C)(C)C)cc2)cc1.